The summed E-state index contributed by atoms with van der Waals surface area (Å²) < 4.78 is 16.0. The van der Waals surface area contributed by atoms with Crippen LogP contribution in [0.3, 0.4) is 0 Å². The fraction of sp³-hybridized carbons (Fsp3) is 0.321. The molecule has 0 aliphatic heterocycles. The monoisotopic (exact) mass is 477 g/mol. The summed E-state index contributed by atoms with van der Waals surface area (Å²) in [4.78, 5) is 37.4. The predicted octanol–water partition coefficient (Wildman–Crippen LogP) is 5.30. The van der Waals surface area contributed by atoms with Gasteiger partial charge < -0.3 is 19.5 Å². The Balaban J connectivity index is 1.58. The van der Waals surface area contributed by atoms with Crippen molar-refractivity contribution in [3.05, 3.63) is 83.9 Å². The minimum atomic E-state index is -1.06. The molecule has 3 rings (SSSR count). The van der Waals surface area contributed by atoms with E-state index in [0.29, 0.717) is 0 Å². The van der Waals surface area contributed by atoms with Gasteiger partial charge in [-0.1, -0.05) is 66.7 Å². The van der Waals surface area contributed by atoms with E-state index in [4.69, 9.17) is 14.2 Å². The molecule has 0 aromatic heterocycles. The predicted molar refractivity (Wildman–Crippen MR) is 132 cm³/mol. The summed E-state index contributed by atoms with van der Waals surface area (Å²) in [5, 5.41) is 4.64. The Morgan fingerprint density at radius 1 is 0.800 bits per heavy atom. The summed E-state index contributed by atoms with van der Waals surface area (Å²) in [5.74, 6) is -1.13. The lowest BCUT2D eigenvalue weighted by Crippen LogP contribution is -2.44. The van der Waals surface area contributed by atoms with Gasteiger partial charge in [0, 0.05) is 6.42 Å². The summed E-state index contributed by atoms with van der Waals surface area (Å²) in [6.07, 6.45) is -0.815. The first-order valence-corrected chi connectivity index (χ1v) is 11.5. The van der Waals surface area contributed by atoms with E-state index in [-0.39, 0.29) is 26.1 Å². The van der Waals surface area contributed by atoms with Crippen molar-refractivity contribution in [2.75, 3.05) is 0 Å². The van der Waals surface area contributed by atoms with Crippen molar-refractivity contribution in [2.45, 2.75) is 58.5 Å². The number of nitrogens with one attached hydrogen (secondary N) is 1. The zero-order chi connectivity index (χ0) is 25.3. The molecule has 35 heavy (non-hydrogen) atoms. The number of ether oxygens (including phenoxy) is 3. The zero-order valence-corrected chi connectivity index (χ0v) is 20.3. The SMILES string of the molecule is CC(C)(C)OC(=O)N[C@@H](CCC(=O)OCc1ccccc1)C(=O)OCc1ccc2ccccc2c1. The van der Waals surface area contributed by atoms with Crippen LogP contribution in [0.15, 0.2) is 72.8 Å². The third-order valence-corrected chi connectivity index (χ3v) is 5.05. The zero-order valence-electron chi connectivity index (χ0n) is 20.3. The van der Waals surface area contributed by atoms with Crippen molar-refractivity contribution in [3.8, 4) is 0 Å². The van der Waals surface area contributed by atoms with Gasteiger partial charge in [-0.05, 0) is 55.2 Å². The van der Waals surface area contributed by atoms with Crippen molar-refractivity contribution in [3.63, 3.8) is 0 Å². The molecule has 0 spiro atoms. The molecular weight excluding hydrogens is 446 g/mol. The standard InChI is InChI=1S/C28H31NO6/c1-28(2,3)35-27(32)29-24(15-16-25(30)33-18-20-9-5-4-6-10-20)26(31)34-19-21-13-14-22-11-7-8-12-23(22)17-21/h4-14,17,24H,15-16,18-19H2,1-3H3,(H,29,32)/t24-/m0/s1. The molecule has 1 N–H and O–H groups in total. The maximum atomic E-state index is 12.8. The minimum Gasteiger partial charge on any atom is -0.461 e. The lowest BCUT2D eigenvalue weighted by atomic mass is 10.1. The summed E-state index contributed by atoms with van der Waals surface area (Å²) in [6.45, 7) is 5.34. The number of benzene rings is 3. The molecule has 0 unspecified atom stereocenters. The number of hydrogen-bond acceptors (Lipinski definition) is 6. The maximum Gasteiger partial charge on any atom is 0.408 e. The molecule has 1 amide bonds. The Kier molecular flexibility index (Phi) is 8.84. The molecule has 0 aliphatic rings. The Hall–Kier alpha value is -3.87. The molecule has 0 bridgehead atoms. The van der Waals surface area contributed by atoms with Crippen molar-refractivity contribution >= 4 is 28.8 Å². The van der Waals surface area contributed by atoms with Crippen molar-refractivity contribution in [1.82, 2.24) is 5.32 Å². The number of carbonyl (C=O) groups is 3. The number of alkyl carbamates (subject to hydrolysis) is 1. The van der Waals surface area contributed by atoms with Gasteiger partial charge in [-0.15, -0.1) is 0 Å². The molecule has 0 radical (unpaired) electrons. The van der Waals surface area contributed by atoms with Gasteiger partial charge in [0.15, 0.2) is 0 Å². The minimum absolute atomic E-state index is 0.0173. The van der Waals surface area contributed by atoms with E-state index in [2.05, 4.69) is 5.32 Å². The Bertz CT molecular complexity index is 1150. The van der Waals surface area contributed by atoms with Crippen LogP contribution >= 0.6 is 0 Å². The first kappa shape index (κ1) is 25.7. The number of esters is 2. The van der Waals surface area contributed by atoms with Crippen LogP contribution in [0.25, 0.3) is 10.8 Å². The summed E-state index contributed by atoms with van der Waals surface area (Å²) in [5.41, 5.74) is 0.938. The summed E-state index contributed by atoms with van der Waals surface area (Å²) in [7, 11) is 0. The lowest BCUT2D eigenvalue weighted by molar-refractivity contribution is -0.149. The Labute approximate surface area is 205 Å². The van der Waals surface area contributed by atoms with Crippen LogP contribution in [0.2, 0.25) is 0 Å². The highest BCUT2D eigenvalue weighted by atomic mass is 16.6. The average Bonchev–Trinajstić information content (AvgIpc) is 2.83. The highest BCUT2D eigenvalue weighted by molar-refractivity contribution is 5.84. The van der Waals surface area contributed by atoms with Gasteiger partial charge in [-0.3, -0.25) is 4.79 Å². The second-order valence-corrected chi connectivity index (χ2v) is 9.17. The molecule has 0 saturated heterocycles. The normalized spacial score (nSPS) is 12.0. The van der Waals surface area contributed by atoms with Crippen LogP contribution in [-0.2, 0) is 37.0 Å². The topological polar surface area (TPSA) is 90.9 Å². The highest BCUT2D eigenvalue weighted by Crippen LogP contribution is 2.17. The molecule has 0 heterocycles. The van der Waals surface area contributed by atoms with E-state index in [1.54, 1.807) is 20.8 Å². The molecular formula is C28H31NO6. The first-order valence-electron chi connectivity index (χ1n) is 11.5. The first-order chi connectivity index (χ1) is 16.7. The second kappa shape index (κ2) is 12.0. The molecule has 0 fully saturated rings. The van der Waals surface area contributed by atoms with Gasteiger partial charge in [-0.25, -0.2) is 9.59 Å². The molecule has 0 aliphatic carbocycles. The lowest BCUT2D eigenvalue weighted by Gasteiger charge is -2.23. The smallest absolute Gasteiger partial charge is 0.408 e. The van der Waals surface area contributed by atoms with E-state index in [9.17, 15) is 14.4 Å². The third kappa shape index (κ3) is 8.77. The number of amides is 1. The van der Waals surface area contributed by atoms with E-state index in [1.165, 1.54) is 0 Å². The number of fused-ring (bicyclic) bond motifs is 1. The maximum absolute atomic E-state index is 12.8. The second-order valence-electron chi connectivity index (χ2n) is 9.17. The fourth-order valence-electron chi connectivity index (χ4n) is 3.35. The van der Waals surface area contributed by atoms with Crippen LogP contribution in [0.5, 0.6) is 0 Å². The average molecular weight is 478 g/mol. The van der Waals surface area contributed by atoms with Gasteiger partial charge in [0.2, 0.25) is 0 Å². The molecule has 3 aromatic carbocycles. The van der Waals surface area contributed by atoms with Crippen LogP contribution in [0.4, 0.5) is 4.79 Å². The molecule has 0 saturated carbocycles. The van der Waals surface area contributed by atoms with Gasteiger partial charge >= 0.3 is 18.0 Å². The van der Waals surface area contributed by atoms with Crippen LogP contribution in [0, 0.1) is 0 Å². The highest BCUT2D eigenvalue weighted by Gasteiger charge is 2.26. The van der Waals surface area contributed by atoms with E-state index < -0.39 is 29.7 Å². The quantitative estimate of drug-likeness (QED) is 0.332. The fourth-order valence-corrected chi connectivity index (χ4v) is 3.35. The molecule has 3 aromatic rings. The molecule has 184 valence electrons. The molecule has 7 heteroatoms. The number of hydrogen-bond donors (Lipinski definition) is 1. The van der Waals surface area contributed by atoms with E-state index >= 15 is 0 Å². The number of rotatable bonds is 9. The third-order valence-electron chi connectivity index (χ3n) is 5.05. The van der Waals surface area contributed by atoms with Gasteiger partial charge in [0.05, 0.1) is 0 Å². The van der Waals surface area contributed by atoms with Crippen LogP contribution in [-0.4, -0.2) is 29.7 Å². The summed E-state index contributed by atoms with van der Waals surface area (Å²) in [6, 6.07) is 21.9. The Morgan fingerprint density at radius 2 is 1.46 bits per heavy atom. The summed E-state index contributed by atoms with van der Waals surface area (Å²) >= 11 is 0. The van der Waals surface area contributed by atoms with E-state index in [0.717, 1.165) is 21.9 Å². The van der Waals surface area contributed by atoms with Gasteiger partial charge in [0.1, 0.15) is 24.9 Å². The van der Waals surface area contributed by atoms with Crippen LogP contribution in [0.1, 0.15) is 44.7 Å². The number of carbonyl (C=O) groups excluding carboxylic acids is 3. The van der Waals surface area contributed by atoms with Crippen molar-refractivity contribution < 1.29 is 28.6 Å². The van der Waals surface area contributed by atoms with Gasteiger partial charge in [-0.2, -0.15) is 0 Å². The van der Waals surface area contributed by atoms with Crippen molar-refractivity contribution in [2.24, 2.45) is 0 Å². The van der Waals surface area contributed by atoms with Crippen molar-refractivity contribution in [1.29, 1.82) is 0 Å². The van der Waals surface area contributed by atoms with Crippen LogP contribution < -0.4 is 5.32 Å². The molecule has 1 atom stereocenters. The molecule has 7 nitrogen and oxygen atoms in total. The Morgan fingerprint density at radius 3 is 2.17 bits per heavy atom. The largest absolute Gasteiger partial charge is 0.461 e. The van der Waals surface area contributed by atoms with E-state index in [1.807, 2.05) is 72.8 Å². The van der Waals surface area contributed by atoms with Gasteiger partial charge in [0.25, 0.3) is 0 Å².